The quantitative estimate of drug-likeness (QED) is 0.407. The van der Waals surface area contributed by atoms with Gasteiger partial charge in [0.2, 0.25) is 5.13 Å². The van der Waals surface area contributed by atoms with Crippen LogP contribution in [0.3, 0.4) is 0 Å². The Kier molecular flexibility index (Phi) is 3.91. The fourth-order valence-electron chi connectivity index (χ4n) is 3.18. The zero-order valence-corrected chi connectivity index (χ0v) is 15.8. The topological polar surface area (TPSA) is 60.9 Å². The van der Waals surface area contributed by atoms with Gasteiger partial charge in [-0.15, -0.1) is 11.3 Å². The number of fused-ring (bicyclic) bond motifs is 1. The standard InChI is InChI=1S/C22H15N3O2S/c1-14-11-19(17-12-16-9-5-6-10-20(16)27-21(17)26)25(24-14)22-23-18(13-28-22)15-7-3-2-4-8-15/h2-13H,1H3. The number of rotatable bonds is 3. The lowest BCUT2D eigenvalue weighted by molar-refractivity contribution is 0.562. The summed E-state index contributed by atoms with van der Waals surface area (Å²) in [6, 6.07) is 21.2. The highest BCUT2D eigenvalue weighted by atomic mass is 32.1. The first-order valence-corrected chi connectivity index (χ1v) is 9.68. The van der Waals surface area contributed by atoms with Crippen LogP contribution in [0.1, 0.15) is 5.69 Å². The largest absolute Gasteiger partial charge is 0.422 e. The molecule has 2 aromatic carbocycles. The number of benzene rings is 2. The maximum Gasteiger partial charge on any atom is 0.345 e. The summed E-state index contributed by atoms with van der Waals surface area (Å²) in [5.41, 5.74) is 4.05. The molecule has 0 saturated carbocycles. The first-order chi connectivity index (χ1) is 13.7. The monoisotopic (exact) mass is 385 g/mol. The molecule has 0 N–H and O–H groups in total. The van der Waals surface area contributed by atoms with E-state index in [1.807, 2.05) is 73.0 Å². The van der Waals surface area contributed by atoms with Gasteiger partial charge in [-0.1, -0.05) is 48.5 Å². The Balaban J connectivity index is 1.66. The summed E-state index contributed by atoms with van der Waals surface area (Å²) in [4.78, 5) is 17.4. The van der Waals surface area contributed by atoms with Crippen LogP contribution in [0.5, 0.6) is 0 Å². The first-order valence-electron chi connectivity index (χ1n) is 8.80. The highest BCUT2D eigenvalue weighted by Gasteiger charge is 2.17. The number of aryl methyl sites for hydroxylation is 1. The van der Waals surface area contributed by atoms with Gasteiger partial charge in [-0.3, -0.25) is 0 Å². The smallest absolute Gasteiger partial charge is 0.345 e. The van der Waals surface area contributed by atoms with Crippen LogP contribution in [0.4, 0.5) is 0 Å². The summed E-state index contributed by atoms with van der Waals surface area (Å²) in [5.74, 6) is 0. The Morgan fingerprint density at radius 3 is 2.64 bits per heavy atom. The summed E-state index contributed by atoms with van der Waals surface area (Å²) in [7, 11) is 0. The molecule has 0 radical (unpaired) electrons. The van der Waals surface area contributed by atoms with Crippen LogP contribution in [0.2, 0.25) is 0 Å². The average molecular weight is 385 g/mol. The van der Waals surface area contributed by atoms with Crippen LogP contribution in [-0.4, -0.2) is 14.8 Å². The van der Waals surface area contributed by atoms with Gasteiger partial charge in [-0.2, -0.15) is 5.10 Å². The van der Waals surface area contributed by atoms with Crippen LogP contribution < -0.4 is 5.63 Å². The average Bonchev–Trinajstić information content (AvgIpc) is 3.35. The molecule has 0 aliphatic rings. The van der Waals surface area contributed by atoms with E-state index in [0.717, 1.165) is 22.3 Å². The zero-order valence-electron chi connectivity index (χ0n) is 15.0. The molecule has 5 rings (SSSR count). The van der Waals surface area contributed by atoms with Crippen LogP contribution in [0.15, 0.2) is 81.3 Å². The number of nitrogens with zero attached hydrogens (tertiary/aromatic N) is 3. The summed E-state index contributed by atoms with van der Waals surface area (Å²) in [6.07, 6.45) is 0. The Bertz CT molecular complexity index is 1350. The summed E-state index contributed by atoms with van der Waals surface area (Å²) < 4.78 is 7.22. The van der Waals surface area contributed by atoms with E-state index in [2.05, 4.69) is 5.10 Å². The van der Waals surface area contributed by atoms with E-state index < -0.39 is 0 Å². The number of hydrogen-bond acceptors (Lipinski definition) is 5. The summed E-state index contributed by atoms with van der Waals surface area (Å²) >= 11 is 1.49. The molecular weight excluding hydrogens is 370 g/mol. The Morgan fingerprint density at radius 2 is 1.79 bits per heavy atom. The highest BCUT2D eigenvalue weighted by molar-refractivity contribution is 7.12. The zero-order chi connectivity index (χ0) is 19.1. The maximum atomic E-state index is 12.6. The number of thiazole rings is 1. The molecule has 28 heavy (non-hydrogen) atoms. The molecule has 0 bridgehead atoms. The van der Waals surface area contributed by atoms with E-state index in [9.17, 15) is 4.79 Å². The van der Waals surface area contributed by atoms with Gasteiger partial charge in [0.05, 0.1) is 22.6 Å². The van der Waals surface area contributed by atoms with Gasteiger partial charge in [-0.05, 0) is 25.1 Å². The lowest BCUT2D eigenvalue weighted by Crippen LogP contribution is -2.07. The molecule has 0 unspecified atom stereocenters. The van der Waals surface area contributed by atoms with Gasteiger partial charge >= 0.3 is 5.63 Å². The number of aromatic nitrogens is 3. The van der Waals surface area contributed by atoms with E-state index in [1.165, 1.54) is 11.3 Å². The van der Waals surface area contributed by atoms with Crippen molar-refractivity contribution in [3.63, 3.8) is 0 Å². The molecule has 0 spiro atoms. The molecule has 0 amide bonds. The van der Waals surface area contributed by atoms with E-state index in [1.54, 1.807) is 10.7 Å². The van der Waals surface area contributed by atoms with Gasteiger partial charge < -0.3 is 4.42 Å². The van der Waals surface area contributed by atoms with Crippen molar-refractivity contribution in [2.45, 2.75) is 6.92 Å². The fourth-order valence-corrected chi connectivity index (χ4v) is 3.98. The molecule has 0 fully saturated rings. The van der Waals surface area contributed by atoms with Crippen molar-refractivity contribution in [1.29, 1.82) is 0 Å². The molecule has 0 saturated heterocycles. The highest BCUT2D eigenvalue weighted by Crippen LogP contribution is 2.28. The van der Waals surface area contributed by atoms with Gasteiger partial charge in [0, 0.05) is 16.3 Å². The molecule has 0 atom stereocenters. The number of para-hydroxylation sites is 1. The van der Waals surface area contributed by atoms with Crippen molar-refractivity contribution in [1.82, 2.24) is 14.8 Å². The van der Waals surface area contributed by atoms with Crippen LogP contribution in [0.25, 0.3) is 38.6 Å². The molecule has 3 aromatic heterocycles. The van der Waals surface area contributed by atoms with Crippen molar-refractivity contribution < 1.29 is 4.42 Å². The van der Waals surface area contributed by atoms with E-state index in [-0.39, 0.29) is 5.63 Å². The third-order valence-electron chi connectivity index (χ3n) is 4.49. The van der Waals surface area contributed by atoms with Gasteiger partial charge in [-0.25, -0.2) is 14.5 Å². The summed E-state index contributed by atoms with van der Waals surface area (Å²) in [6.45, 7) is 1.90. The second kappa shape index (κ2) is 6.58. The Labute approximate surface area is 164 Å². The van der Waals surface area contributed by atoms with Crippen molar-refractivity contribution in [2.75, 3.05) is 0 Å². The predicted octanol–water partition coefficient (Wildman–Crippen LogP) is 5.08. The molecule has 0 aliphatic heterocycles. The normalized spacial score (nSPS) is 11.2. The van der Waals surface area contributed by atoms with Crippen LogP contribution >= 0.6 is 11.3 Å². The molecule has 0 aliphatic carbocycles. The van der Waals surface area contributed by atoms with E-state index in [4.69, 9.17) is 9.40 Å². The minimum atomic E-state index is -0.389. The fraction of sp³-hybridized carbons (Fsp3) is 0.0455. The molecule has 6 heteroatoms. The molecule has 136 valence electrons. The molecule has 3 heterocycles. The molecular formula is C22H15N3O2S. The van der Waals surface area contributed by atoms with Crippen molar-refractivity contribution >= 4 is 22.3 Å². The van der Waals surface area contributed by atoms with Crippen LogP contribution in [0, 0.1) is 6.92 Å². The number of hydrogen-bond donors (Lipinski definition) is 0. The van der Waals surface area contributed by atoms with Crippen molar-refractivity contribution in [3.05, 3.63) is 88.2 Å². The second-order valence-electron chi connectivity index (χ2n) is 6.45. The summed E-state index contributed by atoms with van der Waals surface area (Å²) in [5, 5.41) is 8.13. The third-order valence-corrected chi connectivity index (χ3v) is 5.31. The minimum absolute atomic E-state index is 0.389. The predicted molar refractivity (Wildman–Crippen MR) is 111 cm³/mol. The van der Waals surface area contributed by atoms with Crippen molar-refractivity contribution in [3.8, 4) is 27.6 Å². The van der Waals surface area contributed by atoms with Crippen LogP contribution in [-0.2, 0) is 0 Å². The van der Waals surface area contributed by atoms with Gasteiger partial charge in [0.15, 0.2) is 0 Å². The van der Waals surface area contributed by atoms with E-state index >= 15 is 0 Å². The van der Waals surface area contributed by atoms with Gasteiger partial charge in [0.1, 0.15) is 5.58 Å². The van der Waals surface area contributed by atoms with E-state index in [0.29, 0.717) is 22.0 Å². The first kappa shape index (κ1) is 16.6. The van der Waals surface area contributed by atoms with Crippen molar-refractivity contribution in [2.24, 2.45) is 0 Å². The molecule has 5 aromatic rings. The Morgan fingerprint density at radius 1 is 1.00 bits per heavy atom. The lowest BCUT2D eigenvalue weighted by atomic mass is 10.1. The molecule has 5 nitrogen and oxygen atoms in total. The van der Waals surface area contributed by atoms with Gasteiger partial charge in [0.25, 0.3) is 0 Å². The minimum Gasteiger partial charge on any atom is -0.422 e. The second-order valence-corrected chi connectivity index (χ2v) is 7.29. The maximum absolute atomic E-state index is 12.6. The Hall–Kier alpha value is -3.51. The SMILES string of the molecule is Cc1cc(-c2cc3ccccc3oc2=O)n(-c2nc(-c3ccccc3)cs2)n1. The third kappa shape index (κ3) is 2.84. The lowest BCUT2D eigenvalue weighted by Gasteiger charge is -2.04.